The maximum atomic E-state index is 5.20. The summed E-state index contributed by atoms with van der Waals surface area (Å²) in [4.78, 5) is 2.41. The Hall–Kier alpha value is -1.88. The number of hydrogen-bond donors (Lipinski definition) is 1. The summed E-state index contributed by atoms with van der Waals surface area (Å²) in [7, 11) is 2.20. The minimum atomic E-state index is 0.493. The maximum absolute atomic E-state index is 5.20. The van der Waals surface area contributed by atoms with Crippen molar-refractivity contribution in [3.63, 3.8) is 0 Å². The normalized spacial score (nSPS) is 18.6. The Morgan fingerprint density at radius 1 is 1.24 bits per heavy atom. The van der Waals surface area contributed by atoms with Crippen molar-refractivity contribution in [1.29, 1.82) is 0 Å². The summed E-state index contributed by atoms with van der Waals surface area (Å²) in [6.45, 7) is 4.68. The van der Waals surface area contributed by atoms with E-state index in [0.29, 0.717) is 11.9 Å². The molecule has 1 saturated heterocycles. The summed E-state index contributed by atoms with van der Waals surface area (Å²) in [5.74, 6) is 1.31. The van der Waals surface area contributed by atoms with E-state index in [9.17, 15) is 0 Å². The number of nitrogens with one attached hydrogen (secondary N) is 1. The molecule has 1 fully saturated rings. The van der Waals surface area contributed by atoms with Crippen molar-refractivity contribution < 1.29 is 4.42 Å². The second-order valence-corrected chi connectivity index (χ2v) is 5.89. The topological polar surface area (TPSA) is 54.2 Å². The molecule has 5 heteroatoms. The van der Waals surface area contributed by atoms with Gasteiger partial charge in [0.15, 0.2) is 0 Å². The standard InChI is InChI=1S/C16H22N4O/c1-12(13-7-9-20(2)10-8-13)18-15-5-3-14(4-6-15)16-19-17-11-21-16/h3-6,11-13,18H,7-10H2,1-2H3. The zero-order valence-electron chi connectivity index (χ0n) is 12.6. The molecule has 2 aromatic rings. The molecule has 21 heavy (non-hydrogen) atoms. The van der Waals surface area contributed by atoms with Gasteiger partial charge < -0.3 is 14.6 Å². The van der Waals surface area contributed by atoms with Gasteiger partial charge in [-0.25, -0.2) is 0 Å². The predicted octanol–water partition coefficient (Wildman–Crippen LogP) is 2.88. The van der Waals surface area contributed by atoms with Crippen LogP contribution >= 0.6 is 0 Å². The molecule has 1 aromatic carbocycles. The van der Waals surface area contributed by atoms with Crippen LogP contribution in [0.3, 0.4) is 0 Å². The van der Waals surface area contributed by atoms with Crippen LogP contribution in [0.5, 0.6) is 0 Å². The number of rotatable bonds is 4. The van der Waals surface area contributed by atoms with Gasteiger partial charge in [-0.05, 0) is 70.1 Å². The summed E-state index contributed by atoms with van der Waals surface area (Å²) >= 11 is 0. The molecule has 1 unspecified atom stereocenters. The maximum Gasteiger partial charge on any atom is 0.247 e. The molecule has 5 nitrogen and oxygen atoms in total. The van der Waals surface area contributed by atoms with Gasteiger partial charge in [0.05, 0.1) is 0 Å². The molecule has 1 atom stereocenters. The van der Waals surface area contributed by atoms with Crippen LogP contribution in [0.4, 0.5) is 5.69 Å². The summed E-state index contributed by atoms with van der Waals surface area (Å²) in [6, 6.07) is 8.66. The van der Waals surface area contributed by atoms with Gasteiger partial charge in [0, 0.05) is 17.3 Å². The first kappa shape index (κ1) is 14.1. The SMILES string of the molecule is CC(Nc1ccc(-c2nnco2)cc1)C1CCN(C)CC1. The monoisotopic (exact) mass is 286 g/mol. The molecule has 1 aliphatic heterocycles. The molecule has 112 valence electrons. The smallest absolute Gasteiger partial charge is 0.247 e. The summed E-state index contributed by atoms with van der Waals surface area (Å²) < 4.78 is 5.20. The average molecular weight is 286 g/mol. The van der Waals surface area contributed by atoms with Gasteiger partial charge in [-0.1, -0.05) is 0 Å². The Labute approximate surface area is 125 Å². The highest BCUT2D eigenvalue weighted by atomic mass is 16.4. The molecule has 0 spiro atoms. The highest BCUT2D eigenvalue weighted by Crippen LogP contribution is 2.24. The third-order valence-corrected chi connectivity index (χ3v) is 4.36. The molecular formula is C16H22N4O. The minimum absolute atomic E-state index is 0.493. The van der Waals surface area contributed by atoms with E-state index in [1.165, 1.54) is 32.3 Å². The number of likely N-dealkylation sites (tertiary alicyclic amines) is 1. The summed E-state index contributed by atoms with van der Waals surface area (Å²) in [5.41, 5.74) is 2.09. The predicted molar refractivity (Wildman–Crippen MR) is 83.0 cm³/mol. The zero-order valence-corrected chi connectivity index (χ0v) is 12.6. The third-order valence-electron chi connectivity index (χ3n) is 4.36. The van der Waals surface area contributed by atoms with Crippen LogP contribution in [0.1, 0.15) is 19.8 Å². The first-order valence-corrected chi connectivity index (χ1v) is 7.54. The number of piperidine rings is 1. The second kappa shape index (κ2) is 6.26. The van der Waals surface area contributed by atoms with E-state index in [1.807, 2.05) is 12.1 Å². The van der Waals surface area contributed by atoms with Gasteiger partial charge in [-0.3, -0.25) is 0 Å². The fourth-order valence-corrected chi connectivity index (χ4v) is 2.92. The lowest BCUT2D eigenvalue weighted by Crippen LogP contribution is -2.37. The van der Waals surface area contributed by atoms with Crippen LogP contribution in [0, 0.1) is 5.92 Å². The van der Waals surface area contributed by atoms with E-state index < -0.39 is 0 Å². The van der Waals surface area contributed by atoms with Crippen LogP contribution in [0.2, 0.25) is 0 Å². The van der Waals surface area contributed by atoms with Crippen molar-refractivity contribution in [2.24, 2.45) is 5.92 Å². The quantitative estimate of drug-likeness (QED) is 0.936. The molecule has 3 rings (SSSR count). The minimum Gasteiger partial charge on any atom is -0.423 e. The van der Waals surface area contributed by atoms with Gasteiger partial charge in [0.25, 0.3) is 0 Å². The molecule has 0 saturated carbocycles. The van der Waals surface area contributed by atoms with Crippen molar-refractivity contribution >= 4 is 5.69 Å². The molecule has 0 radical (unpaired) electrons. The fraction of sp³-hybridized carbons (Fsp3) is 0.500. The largest absolute Gasteiger partial charge is 0.423 e. The molecule has 1 aliphatic rings. The van der Waals surface area contributed by atoms with Crippen LogP contribution in [-0.2, 0) is 0 Å². The highest BCUT2D eigenvalue weighted by Gasteiger charge is 2.22. The van der Waals surface area contributed by atoms with Crippen molar-refractivity contribution in [1.82, 2.24) is 15.1 Å². The van der Waals surface area contributed by atoms with Crippen molar-refractivity contribution in [2.75, 3.05) is 25.5 Å². The Kier molecular flexibility index (Phi) is 4.20. The van der Waals surface area contributed by atoms with Gasteiger partial charge in [0.1, 0.15) is 0 Å². The second-order valence-electron chi connectivity index (χ2n) is 5.89. The van der Waals surface area contributed by atoms with Gasteiger partial charge >= 0.3 is 0 Å². The van der Waals surface area contributed by atoms with Gasteiger partial charge in [-0.15, -0.1) is 10.2 Å². The number of anilines is 1. The number of benzene rings is 1. The van der Waals surface area contributed by atoms with Crippen LogP contribution in [-0.4, -0.2) is 41.3 Å². The first-order chi connectivity index (χ1) is 10.2. The Morgan fingerprint density at radius 2 is 1.95 bits per heavy atom. The zero-order chi connectivity index (χ0) is 14.7. The lowest BCUT2D eigenvalue weighted by atomic mass is 9.90. The molecule has 0 aliphatic carbocycles. The molecule has 0 bridgehead atoms. The van der Waals surface area contributed by atoms with Crippen LogP contribution in [0.15, 0.2) is 35.1 Å². The Morgan fingerprint density at radius 3 is 2.57 bits per heavy atom. The van der Waals surface area contributed by atoms with E-state index in [0.717, 1.165) is 17.2 Å². The lowest BCUT2D eigenvalue weighted by Gasteiger charge is -2.33. The Balaban J connectivity index is 1.60. The van der Waals surface area contributed by atoms with Crippen LogP contribution < -0.4 is 5.32 Å². The summed E-state index contributed by atoms with van der Waals surface area (Å²) in [6.07, 6.45) is 3.89. The van der Waals surface area contributed by atoms with Crippen LogP contribution in [0.25, 0.3) is 11.5 Å². The number of nitrogens with zero attached hydrogens (tertiary/aromatic N) is 3. The summed E-state index contributed by atoms with van der Waals surface area (Å²) in [5, 5.41) is 11.2. The van der Waals surface area contributed by atoms with Gasteiger partial charge in [0.2, 0.25) is 12.3 Å². The number of aromatic nitrogens is 2. The highest BCUT2D eigenvalue weighted by molar-refractivity contribution is 5.58. The van der Waals surface area contributed by atoms with Crippen molar-refractivity contribution in [3.05, 3.63) is 30.7 Å². The Bertz CT molecular complexity index is 544. The molecule has 2 heterocycles. The molecule has 0 amide bonds. The first-order valence-electron chi connectivity index (χ1n) is 7.54. The number of hydrogen-bond acceptors (Lipinski definition) is 5. The molecule has 1 aromatic heterocycles. The lowest BCUT2D eigenvalue weighted by molar-refractivity contribution is 0.208. The fourth-order valence-electron chi connectivity index (χ4n) is 2.92. The molecule has 1 N–H and O–H groups in total. The molecular weight excluding hydrogens is 264 g/mol. The van der Waals surface area contributed by atoms with E-state index in [-0.39, 0.29) is 0 Å². The van der Waals surface area contributed by atoms with Gasteiger partial charge in [-0.2, -0.15) is 0 Å². The third kappa shape index (κ3) is 3.42. The van der Waals surface area contributed by atoms with E-state index in [4.69, 9.17) is 4.42 Å². The van der Waals surface area contributed by atoms with Crippen molar-refractivity contribution in [3.8, 4) is 11.5 Å². The average Bonchev–Trinajstić information content (AvgIpc) is 3.03. The van der Waals surface area contributed by atoms with E-state index in [1.54, 1.807) is 0 Å². The van der Waals surface area contributed by atoms with Crippen molar-refractivity contribution in [2.45, 2.75) is 25.8 Å². The van der Waals surface area contributed by atoms with E-state index in [2.05, 4.69) is 46.5 Å². The van der Waals surface area contributed by atoms with E-state index >= 15 is 0 Å².